The zero-order valence-electron chi connectivity index (χ0n) is 11.6. The molecule has 1 amide bonds. The van der Waals surface area contributed by atoms with Gasteiger partial charge in [-0.15, -0.1) is 0 Å². The van der Waals surface area contributed by atoms with Crippen LogP contribution in [0.25, 0.3) is 0 Å². The first-order chi connectivity index (χ1) is 8.77. The summed E-state index contributed by atoms with van der Waals surface area (Å²) in [6, 6.07) is 0.517. The third-order valence-electron chi connectivity index (χ3n) is 5.23. The fourth-order valence-corrected chi connectivity index (χ4v) is 4.25. The molecule has 0 aromatic rings. The van der Waals surface area contributed by atoms with Gasteiger partial charge < -0.3 is 4.90 Å². The first kappa shape index (κ1) is 12.5. The number of amides is 1. The summed E-state index contributed by atoms with van der Waals surface area (Å²) in [5, 5.41) is 3.69. The molecular weight excluding hydrogens is 224 g/mol. The Bertz CT molecular complexity index is 316. The summed E-state index contributed by atoms with van der Waals surface area (Å²) in [6.45, 7) is 2.20. The van der Waals surface area contributed by atoms with E-state index in [0.717, 1.165) is 19.3 Å². The Hall–Kier alpha value is -0.570. The van der Waals surface area contributed by atoms with Gasteiger partial charge in [-0.25, -0.2) is 0 Å². The van der Waals surface area contributed by atoms with E-state index >= 15 is 0 Å². The summed E-state index contributed by atoms with van der Waals surface area (Å²) < 4.78 is 0. The molecule has 1 spiro atoms. The van der Waals surface area contributed by atoms with E-state index in [0.29, 0.717) is 18.1 Å². The van der Waals surface area contributed by atoms with Gasteiger partial charge >= 0.3 is 0 Å². The second-order valence-corrected chi connectivity index (χ2v) is 6.36. The monoisotopic (exact) mass is 250 g/mol. The van der Waals surface area contributed by atoms with Gasteiger partial charge in [-0.05, 0) is 32.1 Å². The number of carbonyl (C=O) groups excluding carboxylic acids is 1. The van der Waals surface area contributed by atoms with Crippen molar-refractivity contribution < 1.29 is 4.79 Å². The molecule has 0 radical (unpaired) electrons. The quantitative estimate of drug-likeness (QED) is 0.817. The van der Waals surface area contributed by atoms with Gasteiger partial charge in [0.25, 0.3) is 0 Å². The fraction of sp³-hybridized carbons (Fsp3) is 0.933. The number of nitrogens with one attached hydrogen (secondary N) is 1. The van der Waals surface area contributed by atoms with E-state index < -0.39 is 0 Å². The zero-order valence-corrected chi connectivity index (χ0v) is 11.6. The van der Waals surface area contributed by atoms with Crippen LogP contribution in [0.15, 0.2) is 0 Å². The number of rotatable bonds is 2. The summed E-state index contributed by atoms with van der Waals surface area (Å²) in [7, 11) is 0. The lowest BCUT2D eigenvalue weighted by molar-refractivity contribution is -0.136. The van der Waals surface area contributed by atoms with Crippen molar-refractivity contribution in [2.45, 2.75) is 88.9 Å². The minimum absolute atomic E-state index is 0.169. The molecular formula is C15H26N2O. The third-order valence-corrected chi connectivity index (χ3v) is 5.23. The van der Waals surface area contributed by atoms with Crippen LogP contribution < -0.4 is 5.32 Å². The van der Waals surface area contributed by atoms with Crippen molar-refractivity contribution in [3.63, 3.8) is 0 Å². The van der Waals surface area contributed by atoms with Crippen LogP contribution >= 0.6 is 0 Å². The molecule has 1 saturated heterocycles. The van der Waals surface area contributed by atoms with E-state index in [1.807, 2.05) is 0 Å². The summed E-state index contributed by atoms with van der Waals surface area (Å²) in [5.74, 6) is 0.429. The van der Waals surface area contributed by atoms with Gasteiger partial charge in [-0.2, -0.15) is 0 Å². The lowest BCUT2D eigenvalue weighted by Gasteiger charge is -2.35. The van der Waals surface area contributed by atoms with Crippen LogP contribution in [-0.2, 0) is 4.79 Å². The summed E-state index contributed by atoms with van der Waals surface area (Å²) in [6.07, 6.45) is 12.3. The molecule has 3 heteroatoms. The predicted molar refractivity (Wildman–Crippen MR) is 72.1 cm³/mol. The molecule has 0 bridgehead atoms. The predicted octanol–water partition coefficient (Wildman–Crippen LogP) is 2.80. The normalized spacial score (nSPS) is 32.6. The van der Waals surface area contributed by atoms with E-state index in [1.165, 1.54) is 44.9 Å². The molecule has 0 aromatic heterocycles. The van der Waals surface area contributed by atoms with E-state index in [-0.39, 0.29) is 5.54 Å². The average Bonchev–Trinajstić information content (AvgIpc) is 2.98. The largest absolute Gasteiger partial charge is 0.323 e. The molecule has 1 heterocycles. The number of nitrogens with zero attached hydrogens (tertiary/aromatic N) is 1. The molecule has 1 atom stereocenters. The molecule has 1 unspecified atom stereocenters. The molecule has 3 fully saturated rings. The number of hydrogen-bond acceptors (Lipinski definition) is 2. The number of carbonyl (C=O) groups is 1. The van der Waals surface area contributed by atoms with Crippen molar-refractivity contribution in [2.24, 2.45) is 0 Å². The van der Waals surface area contributed by atoms with Crippen LogP contribution in [0.1, 0.15) is 71.1 Å². The van der Waals surface area contributed by atoms with E-state index in [4.69, 9.17) is 0 Å². The van der Waals surface area contributed by atoms with Crippen molar-refractivity contribution in [1.29, 1.82) is 0 Å². The Labute approximate surface area is 110 Å². The summed E-state index contributed by atoms with van der Waals surface area (Å²) in [5.41, 5.74) is -0.169. The topological polar surface area (TPSA) is 32.3 Å². The van der Waals surface area contributed by atoms with Gasteiger partial charge in [0.05, 0.1) is 11.7 Å². The molecule has 2 aliphatic carbocycles. The highest BCUT2D eigenvalue weighted by molar-refractivity contribution is 5.89. The molecule has 2 saturated carbocycles. The molecule has 3 nitrogen and oxygen atoms in total. The molecule has 18 heavy (non-hydrogen) atoms. The van der Waals surface area contributed by atoms with Crippen molar-refractivity contribution in [3.8, 4) is 0 Å². The van der Waals surface area contributed by atoms with Gasteiger partial charge in [-0.3, -0.25) is 10.1 Å². The summed E-state index contributed by atoms with van der Waals surface area (Å²) in [4.78, 5) is 15.1. The van der Waals surface area contributed by atoms with E-state index in [1.54, 1.807) is 0 Å². The van der Waals surface area contributed by atoms with E-state index in [2.05, 4.69) is 17.1 Å². The van der Waals surface area contributed by atoms with Crippen molar-refractivity contribution >= 4 is 5.91 Å². The molecule has 1 aliphatic heterocycles. The van der Waals surface area contributed by atoms with Crippen LogP contribution in [0.3, 0.4) is 0 Å². The average molecular weight is 250 g/mol. The van der Waals surface area contributed by atoms with Crippen LogP contribution in [0, 0.1) is 0 Å². The zero-order chi connectivity index (χ0) is 12.6. The lowest BCUT2D eigenvalue weighted by atomic mass is 9.92. The van der Waals surface area contributed by atoms with Gasteiger partial charge in [0, 0.05) is 6.04 Å². The van der Waals surface area contributed by atoms with Crippen molar-refractivity contribution in [2.75, 3.05) is 0 Å². The van der Waals surface area contributed by atoms with Crippen molar-refractivity contribution in [3.05, 3.63) is 0 Å². The minimum Gasteiger partial charge on any atom is -0.323 e. The molecule has 0 aromatic carbocycles. The first-order valence-corrected chi connectivity index (χ1v) is 7.87. The Morgan fingerprint density at radius 1 is 1.17 bits per heavy atom. The second-order valence-electron chi connectivity index (χ2n) is 6.36. The fourth-order valence-electron chi connectivity index (χ4n) is 4.25. The minimum atomic E-state index is -0.169. The van der Waals surface area contributed by atoms with Crippen molar-refractivity contribution in [1.82, 2.24) is 10.2 Å². The maximum atomic E-state index is 12.9. The van der Waals surface area contributed by atoms with Crippen LogP contribution in [0.2, 0.25) is 0 Å². The second kappa shape index (κ2) is 4.84. The smallest absolute Gasteiger partial charge is 0.244 e. The Morgan fingerprint density at radius 2 is 1.83 bits per heavy atom. The van der Waals surface area contributed by atoms with Gasteiger partial charge in [0.2, 0.25) is 5.91 Å². The summed E-state index contributed by atoms with van der Waals surface area (Å²) >= 11 is 0. The number of hydrogen-bond donors (Lipinski definition) is 1. The van der Waals surface area contributed by atoms with Gasteiger partial charge in [0.15, 0.2) is 0 Å². The molecule has 3 aliphatic rings. The Kier molecular flexibility index (Phi) is 3.35. The highest BCUT2D eigenvalue weighted by Crippen LogP contribution is 2.39. The maximum Gasteiger partial charge on any atom is 0.244 e. The van der Waals surface area contributed by atoms with Gasteiger partial charge in [-0.1, -0.05) is 39.0 Å². The SMILES string of the molecule is CCC1NC2(CCCC2)C(=O)N1C1CCCCC1. The highest BCUT2D eigenvalue weighted by Gasteiger charge is 2.53. The molecule has 3 rings (SSSR count). The standard InChI is InChI=1S/C15H26N2O/c1-2-13-16-15(10-6-7-11-15)14(18)17(13)12-8-4-3-5-9-12/h12-13,16H,2-11H2,1H3. The van der Waals surface area contributed by atoms with Gasteiger partial charge in [0.1, 0.15) is 0 Å². The maximum absolute atomic E-state index is 12.9. The molecule has 102 valence electrons. The lowest BCUT2D eigenvalue weighted by Crippen LogP contribution is -2.46. The Morgan fingerprint density at radius 3 is 2.44 bits per heavy atom. The molecule has 1 N–H and O–H groups in total. The van der Waals surface area contributed by atoms with Crippen LogP contribution in [-0.4, -0.2) is 28.6 Å². The van der Waals surface area contributed by atoms with Crippen LogP contribution in [0.5, 0.6) is 0 Å². The Balaban J connectivity index is 1.80. The van der Waals surface area contributed by atoms with Crippen LogP contribution in [0.4, 0.5) is 0 Å². The third kappa shape index (κ3) is 1.87. The highest BCUT2D eigenvalue weighted by atomic mass is 16.2. The van der Waals surface area contributed by atoms with E-state index in [9.17, 15) is 4.79 Å². The first-order valence-electron chi connectivity index (χ1n) is 7.87.